The monoisotopic (exact) mass is 175 g/mol. The van der Waals surface area contributed by atoms with Crippen molar-refractivity contribution in [2.24, 2.45) is 5.92 Å². The van der Waals surface area contributed by atoms with Crippen LogP contribution in [0.5, 0.6) is 0 Å². The highest BCUT2D eigenvalue weighted by atomic mass is 19.1. The molecule has 2 nitrogen and oxygen atoms in total. The van der Waals surface area contributed by atoms with Crippen molar-refractivity contribution in [2.45, 2.75) is 25.4 Å². The van der Waals surface area contributed by atoms with Crippen LogP contribution in [0.1, 0.15) is 19.3 Å². The Bertz CT molecular complexity index is 126. The molecule has 0 aliphatic heterocycles. The van der Waals surface area contributed by atoms with E-state index < -0.39 is 0 Å². The molecule has 72 valence electrons. The van der Waals surface area contributed by atoms with Gasteiger partial charge < -0.3 is 10.0 Å². The fraction of sp³-hybridized carbons (Fsp3) is 1.00. The molecule has 0 atom stereocenters. The zero-order chi connectivity index (χ0) is 8.97. The van der Waals surface area contributed by atoms with Gasteiger partial charge in [0.05, 0.1) is 12.8 Å². The van der Waals surface area contributed by atoms with E-state index in [1.165, 1.54) is 0 Å². The minimum atomic E-state index is -0.225. The number of aliphatic hydroxyl groups is 1. The van der Waals surface area contributed by atoms with Crippen molar-refractivity contribution in [3.8, 4) is 0 Å². The van der Waals surface area contributed by atoms with E-state index in [2.05, 4.69) is 4.90 Å². The summed E-state index contributed by atoms with van der Waals surface area (Å²) in [7, 11) is 2.01. The molecule has 0 aromatic carbocycles. The van der Waals surface area contributed by atoms with Gasteiger partial charge in [0, 0.05) is 13.1 Å². The molecule has 0 radical (unpaired) electrons. The van der Waals surface area contributed by atoms with Gasteiger partial charge in [0.15, 0.2) is 0 Å². The lowest BCUT2D eigenvalue weighted by Crippen LogP contribution is -2.37. The normalized spacial score (nSPS) is 29.0. The number of nitrogens with zero attached hydrogens (tertiary/aromatic N) is 1. The Morgan fingerprint density at radius 2 is 2.17 bits per heavy atom. The fourth-order valence-electron chi connectivity index (χ4n) is 1.71. The van der Waals surface area contributed by atoms with Crippen molar-refractivity contribution < 1.29 is 9.50 Å². The zero-order valence-electron chi connectivity index (χ0n) is 7.67. The Balaban J connectivity index is 1.98. The maximum Gasteiger partial charge on any atom is 0.0906 e. The second-order valence-corrected chi connectivity index (χ2v) is 3.80. The number of alkyl halides is 1. The lowest BCUT2D eigenvalue weighted by atomic mass is 9.82. The van der Waals surface area contributed by atoms with Crippen LogP contribution in [0, 0.1) is 5.92 Å². The molecule has 0 aromatic heterocycles. The van der Waals surface area contributed by atoms with Crippen LogP contribution in [0.3, 0.4) is 0 Å². The summed E-state index contributed by atoms with van der Waals surface area (Å²) in [5, 5.41) is 9.03. The molecular formula is C9H18FNO. The largest absolute Gasteiger partial charge is 0.393 e. The first-order valence-corrected chi connectivity index (χ1v) is 4.65. The highest BCUT2D eigenvalue weighted by molar-refractivity contribution is 4.80. The maximum atomic E-state index is 11.8. The van der Waals surface area contributed by atoms with E-state index in [1.54, 1.807) is 0 Å². The molecule has 0 bridgehead atoms. The molecule has 0 unspecified atom stereocenters. The van der Waals surface area contributed by atoms with Crippen molar-refractivity contribution in [3.63, 3.8) is 0 Å². The van der Waals surface area contributed by atoms with Gasteiger partial charge in [0.2, 0.25) is 0 Å². The van der Waals surface area contributed by atoms with Crippen LogP contribution in [0.25, 0.3) is 0 Å². The Labute approximate surface area is 73.4 Å². The molecule has 0 saturated heterocycles. The lowest BCUT2D eigenvalue weighted by molar-refractivity contribution is 0.0280. The number of halogens is 1. The predicted octanol–water partition coefficient (Wildman–Crippen LogP) is 1.05. The molecule has 1 saturated carbocycles. The Kier molecular flexibility index (Phi) is 3.95. The van der Waals surface area contributed by atoms with Crippen LogP contribution in [0.15, 0.2) is 0 Å². The minimum Gasteiger partial charge on any atom is -0.393 e. The summed E-state index contributed by atoms with van der Waals surface area (Å²) < 4.78 is 11.8. The summed E-state index contributed by atoms with van der Waals surface area (Å²) in [4.78, 5) is 2.15. The second kappa shape index (κ2) is 4.77. The van der Waals surface area contributed by atoms with E-state index in [4.69, 9.17) is 5.11 Å². The first kappa shape index (κ1) is 9.93. The van der Waals surface area contributed by atoms with E-state index in [9.17, 15) is 4.39 Å². The van der Waals surface area contributed by atoms with E-state index in [0.717, 1.165) is 25.9 Å². The third kappa shape index (κ3) is 3.07. The number of rotatable bonds is 5. The van der Waals surface area contributed by atoms with E-state index in [-0.39, 0.29) is 12.8 Å². The Hall–Kier alpha value is -0.150. The van der Waals surface area contributed by atoms with Crippen molar-refractivity contribution >= 4 is 0 Å². The molecule has 1 aliphatic rings. The van der Waals surface area contributed by atoms with Crippen molar-refractivity contribution in [1.29, 1.82) is 0 Å². The zero-order valence-corrected chi connectivity index (χ0v) is 7.67. The smallest absolute Gasteiger partial charge is 0.0906 e. The summed E-state index contributed by atoms with van der Waals surface area (Å²) in [5.41, 5.74) is 0. The Morgan fingerprint density at radius 1 is 1.50 bits per heavy atom. The molecular weight excluding hydrogens is 157 g/mol. The van der Waals surface area contributed by atoms with Gasteiger partial charge in [0.25, 0.3) is 0 Å². The summed E-state index contributed by atoms with van der Waals surface area (Å²) in [5.74, 6) is 0.643. The van der Waals surface area contributed by atoms with Gasteiger partial charge in [0.1, 0.15) is 0 Å². The number of aliphatic hydroxyl groups excluding tert-OH is 1. The number of hydrogen-bond donors (Lipinski definition) is 1. The van der Waals surface area contributed by atoms with Gasteiger partial charge in [-0.2, -0.15) is 0 Å². The van der Waals surface area contributed by atoms with Crippen LogP contribution in [0.2, 0.25) is 0 Å². The van der Waals surface area contributed by atoms with Gasteiger partial charge >= 0.3 is 0 Å². The molecule has 1 aliphatic carbocycles. The molecule has 1 rings (SSSR count). The first-order chi connectivity index (χ1) is 5.72. The summed E-state index contributed by atoms with van der Waals surface area (Å²) >= 11 is 0. The minimum absolute atomic E-state index is 0.0652. The molecule has 0 amide bonds. The molecule has 12 heavy (non-hydrogen) atoms. The van der Waals surface area contributed by atoms with Crippen LogP contribution >= 0.6 is 0 Å². The van der Waals surface area contributed by atoms with Crippen molar-refractivity contribution in [3.05, 3.63) is 0 Å². The summed E-state index contributed by atoms with van der Waals surface area (Å²) in [6, 6.07) is 0. The van der Waals surface area contributed by atoms with Gasteiger partial charge in [-0.05, 0) is 32.2 Å². The summed E-state index contributed by atoms with van der Waals surface area (Å²) in [6.07, 6.45) is 2.43. The highest BCUT2D eigenvalue weighted by Crippen LogP contribution is 2.27. The second-order valence-electron chi connectivity index (χ2n) is 3.80. The van der Waals surface area contributed by atoms with E-state index in [1.807, 2.05) is 7.05 Å². The van der Waals surface area contributed by atoms with E-state index in [0.29, 0.717) is 12.3 Å². The van der Waals surface area contributed by atoms with Crippen molar-refractivity contribution in [2.75, 3.05) is 26.8 Å². The van der Waals surface area contributed by atoms with Crippen LogP contribution in [-0.4, -0.2) is 42.9 Å². The molecule has 3 heteroatoms. The molecule has 1 N–H and O–H groups in total. The average molecular weight is 175 g/mol. The molecule has 0 spiro atoms. The average Bonchev–Trinajstić information content (AvgIpc) is 1.98. The fourth-order valence-corrected chi connectivity index (χ4v) is 1.71. The topological polar surface area (TPSA) is 23.5 Å². The van der Waals surface area contributed by atoms with E-state index >= 15 is 0 Å². The van der Waals surface area contributed by atoms with Crippen LogP contribution in [-0.2, 0) is 0 Å². The highest BCUT2D eigenvalue weighted by Gasteiger charge is 2.27. The third-order valence-corrected chi connectivity index (χ3v) is 2.45. The van der Waals surface area contributed by atoms with Gasteiger partial charge in [-0.3, -0.25) is 4.39 Å². The van der Waals surface area contributed by atoms with Gasteiger partial charge in [-0.1, -0.05) is 0 Å². The lowest BCUT2D eigenvalue weighted by Gasteiger charge is -2.34. The molecule has 1 fully saturated rings. The summed E-state index contributed by atoms with van der Waals surface area (Å²) in [6.45, 7) is 1.62. The molecule has 0 heterocycles. The predicted molar refractivity (Wildman–Crippen MR) is 46.8 cm³/mol. The standard InChI is InChI=1S/C9H18FNO/c1-11(4-2-3-10)7-8-5-9(12)6-8/h8-9,12H,2-7H2,1H3. The van der Waals surface area contributed by atoms with Gasteiger partial charge in [-0.25, -0.2) is 0 Å². The van der Waals surface area contributed by atoms with Crippen LogP contribution in [0.4, 0.5) is 4.39 Å². The first-order valence-electron chi connectivity index (χ1n) is 4.65. The SMILES string of the molecule is CN(CCCF)CC1CC(O)C1. The van der Waals surface area contributed by atoms with Gasteiger partial charge in [-0.15, -0.1) is 0 Å². The Morgan fingerprint density at radius 3 is 2.67 bits per heavy atom. The van der Waals surface area contributed by atoms with Crippen LogP contribution < -0.4 is 0 Å². The number of hydrogen-bond acceptors (Lipinski definition) is 2. The third-order valence-electron chi connectivity index (χ3n) is 2.45. The maximum absolute atomic E-state index is 11.8. The molecule has 0 aromatic rings. The quantitative estimate of drug-likeness (QED) is 0.675. The van der Waals surface area contributed by atoms with Crippen molar-refractivity contribution in [1.82, 2.24) is 4.90 Å².